The van der Waals surface area contributed by atoms with Crippen LogP contribution in [-0.2, 0) is 4.74 Å². The van der Waals surface area contributed by atoms with Crippen molar-refractivity contribution in [1.82, 2.24) is 0 Å². The topological polar surface area (TPSA) is 38.7 Å². The Labute approximate surface area is 107 Å². The first-order chi connectivity index (χ1) is 8.77. The van der Waals surface area contributed by atoms with E-state index >= 15 is 0 Å². The molecule has 0 radical (unpaired) electrons. The van der Waals surface area contributed by atoms with Gasteiger partial charge in [0.05, 0.1) is 13.7 Å². The molecule has 2 aromatic rings. The van der Waals surface area contributed by atoms with E-state index in [1.807, 2.05) is 43.3 Å². The number of aliphatic hydroxyl groups excluding tert-OH is 1. The van der Waals surface area contributed by atoms with E-state index < -0.39 is 6.10 Å². The monoisotopic (exact) mass is 246 g/mol. The minimum atomic E-state index is -0.675. The van der Waals surface area contributed by atoms with E-state index in [1.165, 1.54) is 0 Å². The number of rotatable bonds is 5. The molecular formula is C15H18O3. The molecule has 0 amide bonds. The standard InChI is InChI=1S/C15H18O3/c1-3-18-10-13(16)15-12-7-5-4-6-11(12)8-9-14(15)17-2/h4-9,13,16H,3,10H2,1-2H3. The van der Waals surface area contributed by atoms with Gasteiger partial charge < -0.3 is 14.6 Å². The lowest BCUT2D eigenvalue weighted by atomic mass is 9.99. The van der Waals surface area contributed by atoms with Crippen molar-refractivity contribution in [2.24, 2.45) is 0 Å². The van der Waals surface area contributed by atoms with Crippen molar-refractivity contribution in [3.8, 4) is 5.75 Å². The molecule has 3 nitrogen and oxygen atoms in total. The number of hydrogen-bond donors (Lipinski definition) is 1. The molecular weight excluding hydrogens is 228 g/mol. The molecule has 0 fully saturated rings. The van der Waals surface area contributed by atoms with Gasteiger partial charge in [0.1, 0.15) is 11.9 Å². The van der Waals surface area contributed by atoms with Gasteiger partial charge in [0, 0.05) is 12.2 Å². The highest BCUT2D eigenvalue weighted by Gasteiger charge is 2.16. The predicted octanol–water partition coefficient (Wildman–Crippen LogP) is 2.92. The maximum atomic E-state index is 10.3. The van der Waals surface area contributed by atoms with Gasteiger partial charge in [0.2, 0.25) is 0 Å². The highest BCUT2D eigenvalue weighted by molar-refractivity contribution is 5.88. The van der Waals surface area contributed by atoms with Crippen LogP contribution in [0.1, 0.15) is 18.6 Å². The third kappa shape index (κ3) is 2.47. The lowest BCUT2D eigenvalue weighted by molar-refractivity contribution is 0.0415. The molecule has 2 rings (SSSR count). The van der Waals surface area contributed by atoms with Crippen LogP contribution < -0.4 is 4.74 Å². The third-order valence-electron chi connectivity index (χ3n) is 2.96. The molecule has 0 spiro atoms. The number of benzene rings is 2. The minimum absolute atomic E-state index is 0.279. The molecule has 0 saturated carbocycles. The zero-order valence-electron chi connectivity index (χ0n) is 10.7. The minimum Gasteiger partial charge on any atom is -0.496 e. The van der Waals surface area contributed by atoms with E-state index in [4.69, 9.17) is 9.47 Å². The van der Waals surface area contributed by atoms with E-state index in [0.717, 1.165) is 16.3 Å². The van der Waals surface area contributed by atoms with Crippen molar-refractivity contribution in [2.45, 2.75) is 13.0 Å². The van der Waals surface area contributed by atoms with Crippen molar-refractivity contribution >= 4 is 10.8 Å². The molecule has 3 heteroatoms. The Morgan fingerprint density at radius 1 is 1.17 bits per heavy atom. The summed E-state index contributed by atoms with van der Waals surface area (Å²) in [6.45, 7) is 2.78. The lowest BCUT2D eigenvalue weighted by Crippen LogP contribution is -2.09. The van der Waals surface area contributed by atoms with Crippen molar-refractivity contribution in [2.75, 3.05) is 20.3 Å². The first-order valence-corrected chi connectivity index (χ1v) is 6.09. The molecule has 1 unspecified atom stereocenters. The second-order valence-electron chi connectivity index (χ2n) is 4.08. The summed E-state index contributed by atoms with van der Waals surface area (Å²) < 4.78 is 10.6. The third-order valence-corrected chi connectivity index (χ3v) is 2.96. The molecule has 1 N–H and O–H groups in total. The molecule has 0 aromatic heterocycles. The van der Waals surface area contributed by atoms with Crippen molar-refractivity contribution < 1.29 is 14.6 Å². The number of ether oxygens (including phenoxy) is 2. The largest absolute Gasteiger partial charge is 0.496 e. The van der Waals surface area contributed by atoms with Crippen molar-refractivity contribution in [1.29, 1.82) is 0 Å². The average molecular weight is 246 g/mol. The second-order valence-corrected chi connectivity index (χ2v) is 4.08. The Bertz CT molecular complexity index is 522. The number of fused-ring (bicyclic) bond motifs is 1. The van der Waals surface area contributed by atoms with Crippen LogP contribution in [0.5, 0.6) is 5.75 Å². The summed E-state index contributed by atoms with van der Waals surface area (Å²) in [4.78, 5) is 0. The van der Waals surface area contributed by atoms with Crippen molar-refractivity contribution in [3.63, 3.8) is 0 Å². The summed E-state index contributed by atoms with van der Waals surface area (Å²) in [5.41, 5.74) is 0.795. The van der Waals surface area contributed by atoms with Gasteiger partial charge in [-0.05, 0) is 23.8 Å². The number of methoxy groups -OCH3 is 1. The van der Waals surface area contributed by atoms with Gasteiger partial charge in [-0.15, -0.1) is 0 Å². The van der Waals surface area contributed by atoms with Crippen LogP contribution in [0.2, 0.25) is 0 Å². The fourth-order valence-corrected chi connectivity index (χ4v) is 2.11. The Balaban J connectivity index is 2.50. The first kappa shape index (κ1) is 12.9. The van der Waals surface area contributed by atoms with Crippen LogP contribution >= 0.6 is 0 Å². The molecule has 18 heavy (non-hydrogen) atoms. The fourth-order valence-electron chi connectivity index (χ4n) is 2.11. The van der Waals surface area contributed by atoms with Crippen LogP contribution in [0.15, 0.2) is 36.4 Å². The zero-order chi connectivity index (χ0) is 13.0. The van der Waals surface area contributed by atoms with E-state index in [9.17, 15) is 5.11 Å². The SMILES string of the molecule is CCOCC(O)c1c(OC)ccc2ccccc12. The molecule has 0 aliphatic heterocycles. The Morgan fingerprint density at radius 2 is 1.94 bits per heavy atom. The van der Waals surface area contributed by atoms with Gasteiger partial charge in [-0.3, -0.25) is 0 Å². The summed E-state index contributed by atoms with van der Waals surface area (Å²) in [5, 5.41) is 12.3. The van der Waals surface area contributed by atoms with E-state index in [-0.39, 0.29) is 6.61 Å². The summed E-state index contributed by atoms with van der Waals surface area (Å²) in [6, 6.07) is 11.8. The Hall–Kier alpha value is -1.58. The molecule has 96 valence electrons. The maximum Gasteiger partial charge on any atom is 0.125 e. The first-order valence-electron chi connectivity index (χ1n) is 6.09. The summed E-state index contributed by atoms with van der Waals surface area (Å²) in [5.74, 6) is 0.695. The van der Waals surface area contributed by atoms with Crippen LogP contribution in [0, 0.1) is 0 Å². The number of aliphatic hydroxyl groups is 1. The second kappa shape index (κ2) is 5.85. The van der Waals surface area contributed by atoms with E-state index in [0.29, 0.717) is 12.4 Å². The molecule has 0 aliphatic carbocycles. The van der Waals surface area contributed by atoms with Crippen molar-refractivity contribution in [3.05, 3.63) is 42.0 Å². The zero-order valence-corrected chi connectivity index (χ0v) is 10.7. The average Bonchev–Trinajstić information content (AvgIpc) is 2.43. The van der Waals surface area contributed by atoms with E-state index in [1.54, 1.807) is 7.11 Å². The molecule has 1 atom stereocenters. The van der Waals surface area contributed by atoms with E-state index in [2.05, 4.69) is 0 Å². The summed E-state index contributed by atoms with van der Waals surface area (Å²) in [7, 11) is 1.61. The summed E-state index contributed by atoms with van der Waals surface area (Å²) in [6.07, 6.45) is -0.675. The van der Waals surface area contributed by atoms with Gasteiger partial charge in [-0.2, -0.15) is 0 Å². The molecule has 2 aromatic carbocycles. The quantitative estimate of drug-likeness (QED) is 0.881. The Morgan fingerprint density at radius 3 is 2.67 bits per heavy atom. The highest BCUT2D eigenvalue weighted by atomic mass is 16.5. The van der Waals surface area contributed by atoms with Crippen LogP contribution in [0.3, 0.4) is 0 Å². The van der Waals surface area contributed by atoms with Crippen LogP contribution in [-0.4, -0.2) is 25.4 Å². The van der Waals surface area contributed by atoms with Crippen LogP contribution in [0.4, 0.5) is 0 Å². The van der Waals surface area contributed by atoms with Gasteiger partial charge in [-0.1, -0.05) is 30.3 Å². The summed E-state index contributed by atoms with van der Waals surface area (Å²) >= 11 is 0. The van der Waals surface area contributed by atoms with Gasteiger partial charge in [0.25, 0.3) is 0 Å². The lowest BCUT2D eigenvalue weighted by Gasteiger charge is -2.17. The Kier molecular flexibility index (Phi) is 4.18. The smallest absolute Gasteiger partial charge is 0.125 e. The molecule has 0 aliphatic rings. The molecule has 0 heterocycles. The van der Waals surface area contributed by atoms with Crippen LogP contribution in [0.25, 0.3) is 10.8 Å². The van der Waals surface area contributed by atoms with Gasteiger partial charge >= 0.3 is 0 Å². The molecule has 0 bridgehead atoms. The molecule has 0 saturated heterocycles. The fraction of sp³-hybridized carbons (Fsp3) is 0.333. The predicted molar refractivity (Wildman–Crippen MR) is 72.0 cm³/mol. The van der Waals surface area contributed by atoms with Gasteiger partial charge in [-0.25, -0.2) is 0 Å². The highest BCUT2D eigenvalue weighted by Crippen LogP contribution is 2.33. The normalized spacial score (nSPS) is 12.6. The van der Waals surface area contributed by atoms with Gasteiger partial charge in [0.15, 0.2) is 0 Å². The number of hydrogen-bond acceptors (Lipinski definition) is 3. The maximum absolute atomic E-state index is 10.3.